The molecule has 0 aliphatic carbocycles. The quantitative estimate of drug-likeness (QED) is 0.672. The van der Waals surface area contributed by atoms with E-state index in [9.17, 15) is 9.18 Å². The molecule has 0 aromatic heterocycles. The molecular weight excluding hydrogens is 189 g/mol. The predicted octanol–water partition coefficient (Wildman–Crippen LogP) is 0.815. The van der Waals surface area contributed by atoms with Gasteiger partial charge in [-0.2, -0.15) is 0 Å². The van der Waals surface area contributed by atoms with Gasteiger partial charge in [-0.3, -0.25) is 4.79 Å². The lowest BCUT2D eigenvalue weighted by Gasteiger charge is -2.12. The van der Waals surface area contributed by atoms with E-state index in [0.717, 1.165) is 0 Å². The van der Waals surface area contributed by atoms with Crippen molar-refractivity contribution in [3.8, 4) is 5.75 Å². The van der Waals surface area contributed by atoms with Gasteiger partial charge >= 0.3 is 5.97 Å². The first-order valence-electron chi connectivity index (χ1n) is 3.93. The third kappa shape index (κ3) is 2.20. The first kappa shape index (κ1) is 10.5. The van der Waals surface area contributed by atoms with Crippen molar-refractivity contribution in [3.05, 3.63) is 29.8 Å². The Kier molecular flexibility index (Phi) is 3.03. The van der Waals surface area contributed by atoms with Gasteiger partial charge in [0.1, 0.15) is 11.8 Å². The van der Waals surface area contributed by atoms with Crippen LogP contribution in [0.1, 0.15) is 11.7 Å². The van der Waals surface area contributed by atoms with Gasteiger partial charge in [-0.1, -0.05) is 12.1 Å². The molecule has 0 bridgehead atoms. The van der Waals surface area contributed by atoms with E-state index in [1.54, 1.807) is 0 Å². The summed E-state index contributed by atoms with van der Waals surface area (Å²) in [6.07, 6.45) is -1.77. The minimum absolute atomic E-state index is 0.00940. The lowest BCUT2D eigenvalue weighted by atomic mass is 10.0. The molecule has 0 radical (unpaired) electrons. The number of nitrogens with two attached hydrogens (primary N) is 1. The average molecular weight is 199 g/mol. The number of phenolic OH excluding ortho intramolecular Hbond substituents is 1. The van der Waals surface area contributed by atoms with E-state index < -0.39 is 18.2 Å². The smallest absolute Gasteiger partial charge is 0.323 e. The van der Waals surface area contributed by atoms with Crippen molar-refractivity contribution in [2.24, 2.45) is 5.73 Å². The molecule has 5 heteroatoms. The Bertz CT molecular complexity index is 325. The zero-order valence-corrected chi connectivity index (χ0v) is 7.22. The summed E-state index contributed by atoms with van der Waals surface area (Å²) in [5.74, 6) is -1.41. The van der Waals surface area contributed by atoms with Crippen molar-refractivity contribution in [2.45, 2.75) is 12.2 Å². The zero-order valence-electron chi connectivity index (χ0n) is 7.22. The molecule has 0 saturated heterocycles. The largest absolute Gasteiger partial charge is 0.508 e. The Hall–Kier alpha value is -1.62. The molecule has 0 aliphatic heterocycles. The van der Waals surface area contributed by atoms with E-state index >= 15 is 0 Å². The second-order valence-corrected chi connectivity index (χ2v) is 2.86. The Balaban J connectivity index is 2.84. The molecule has 0 amide bonds. The molecular formula is C9H10FNO3. The second kappa shape index (κ2) is 4.06. The maximum Gasteiger partial charge on any atom is 0.323 e. The number of rotatable bonds is 3. The van der Waals surface area contributed by atoms with Crippen LogP contribution in [0.2, 0.25) is 0 Å². The molecule has 76 valence electrons. The summed E-state index contributed by atoms with van der Waals surface area (Å²) in [5, 5.41) is 17.4. The number of benzene rings is 1. The number of alkyl halides is 1. The van der Waals surface area contributed by atoms with Gasteiger partial charge in [0, 0.05) is 0 Å². The number of aliphatic carboxylic acids is 1. The van der Waals surface area contributed by atoms with Gasteiger partial charge in [-0.15, -0.1) is 0 Å². The number of carboxylic acid groups (broad SMARTS) is 1. The summed E-state index contributed by atoms with van der Waals surface area (Å²) >= 11 is 0. The van der Waals surface area contributed by atoms with E-state index in [4.69, 9.17) is 15.9 Å². The van der Waals surface area contributed by atoms with Crippen LogP contribution in [0.4, 0.5) is 4.39 Å². The van der Waals surface area contributed by atoms with E-state index in [1.165, 1.54) is 24.3 Å². The highest BCUT2D eigenvalue weighted by atomic mass is 19.1. The van der Waals surface area contributed by atoms with E-state index in [2.05, 4.69) is 0 Å². The number of phenols is 1. The van der Waals surface area contributed by atoms with Gasteiger partial charge in [-0.25, -0.2) is 4.39 Å². The number of carbonyl (C=O) groups is 1. The fourth-order valence-electron chi connectivity index (χ4n) is 0.991. The van der Waals surface area contributed by atoms with Gasteiger partial charge in [0.25, 0.3) is 0 Å². The van der Waals surface area contributed by atoms with Crippen LogP contribution in [0.25, 0.3) is 0 Å². The normalized spacial score (nSPS) is 14.7. The highest BCUT2D eigenvalue weighted by molar-refractivity contribution is 5.74. The fraction of sp³-hybridized carbons (Fsp3) is 0.222. The van der Waals surface area contributed by atoms with Crippen LogP contribution in [0.15, 0.2) is 24.3 Å². The molecule has 4 N–H and O–H groups in total. The van der Waals surface area contributed by atoms with Crippen LogP contribution in [0.5, 0.6) is 5.75 Å². The molecule has 0 heterocycles. The van der Waals surface area contributed by atoms with Crippen molar-refractivity contribution >= 4 is 5.97 Å². The number of hydrogen-bond donors (Lipinski definition) is 3. The summed E-state index contributed by atoms with van der Waals surface area (Å²) in [6.45, 7) is 0. The minimum Gasteiger partial charge on any atom is -0.508 e. The van der Waals surface area contributed by atoms with Gasteiger partial charge in [0.2, 0.25) is 0 Å². The monoisotopic (exact) mass is 199 g/mol. The van der Waals surface area contributed by atoms with Crippen molar-refractivity contribution in [3.63, 3.8) is 0 Å². The van der Waals surface area contributed by atoms with Crippen molar-refractivity contribution in [1.82, 2.24) is 0 Å². The standard InChI is InChI=1S/C9H10FNO3/c10-7(8(11)9(13)14)5-1-3-6(12)4-2-5/h1-4,7-8,12H,11H2,(H,13,14)/t7?,8-/m1/s1. The molecule has 1 rings (SSSR count). The van der Waals surface area contributed by atoms with E-state index in [1.807, 2.05) is 0 Å². The third-order valence-corrected chi connectivity index (χ3v) is 1.81. The summed E-state index contributed by atoms with van der Waals surface area (Å²) in [7, 11) is 0. The zero-order chi connectivity index (χ0) is 10.7. The molecule has 0 aliphatic rings. The van der Waals surface area contributed by atoms with Crippen LogP contribution in [0.3, 0.4) is 0 Å². The Morgan fingerprint density at radius 3 is 2.29 bits per heavy atom. The van der Waals surface area contributed by atoms with Crippen molar-refractivity contribution in [1.29, 1.82) is 0 Å². The van der Waals surface area contributed by atoms with Crippen LogP contribution in [-0.4, -0.2) is 22.2 Å². The second-order valence-electron chi connectivity index (χ2n) is 2.86. The molecule has 1 aromatic carbocycles. The summed E-state index contributed by atoms with van der Waals surface area (Å²) in [6, 6.07) is 3.55. The molecule has 1 aromatic rings. The summed E-state index contributed by atoms with van der Waals surface area (Å²) in [4.78, 5) is 10.4. The van der Waals surface area contributed by atoms with E-state index in [0.29, 0.717) is 0 Å². The first-order chi connectivity index (χ1) is 6.52. The Morgan fingerprint density at radius 2 is 1.86 bits per heavy atom. The Labute approximate surface area is 79.8 Å². The number of aromatic hydroxyl groups is 1. The molecule has 0 fully saturated rings. The first-order valence-corrected chi connectivity index (χ1v) is 3.93. The molecule has 4 nitrogen and oxygen atoms in total. The highest BCUT2D eigenvalue weighted by Gasteiger charge is 2.25. The van der Waals surface area contributed by atoms with Crippen LogP contribution >= 0.6 is 0 Å². The van der Waals surface area contributed by atoms with Crippen LogP contribution in [-0.2, 0) is 4.79 Å². The minimum atomic E-state index is -1.77. The third-order valence-electron chi connectivity index (χ3n) is 1.81. The lowest BCUT2D eigenvalue weighted by Crippen LogP contribution is -2.34. The highest BCUT2D eigenvalue weighted by Crippen LogP contribution is 2.22. The summed E-state index contributed by atoms with van der Waals surface area (Å²) in [5.41, 5.74) is 5.23. The summed E-state index contributed by atoms with van der Waals surface area (Å²) < 4.78 is 13.3. The Morgan fingerprint density at radius 1 is 1.36 bits per heavy atom. The van der Waals surface area contributed by atoms with Gasteiger partial charge in [0.15, 0.2) is 6.17 Å². The van der Waals surface area contributed by atoms with Gasteiger partial charge in [0.05, 0.1) is 0 Å². The van der Waals surface area contributed by atoms with Crippen LogP contribution < -0.4 is 5.73 Å². The number of carboxylic acids is 1. The SMILES string of the molecule is N[C@@H](C(=O)O)C(F)c1ccc(O)cc1. The molecule has 0 spiro atoms. The van der Waals surface area contributed by atoms with E-state index in [-0.39, 0.29) is 11.3 Å². The predicted molar refractivity (Wildman–Crippen MR) is 47.6 cm³/mol. The van der Waals surface area contributed by atoms with Gasteiger partial charge < -0.3 is 15.9 Å². The fourth-order valence-corrected chi connectivity index (χ4v) is 0.991. The number of halogens is 1. The van der Waals surface area contributed by atoms with Crippen molar-refractivity contribution in [2.75, 3.05) is 0 Å². The van der Waals surface area contributed by atoms with Gasteiger partial charge in [-0.05, 0) is 17.7 Å². The molecule has 14 heavy (non-hydrogen) atoms. The molecule has 2 atom stereocenters. The molecule has 0 saturated carbocycles. The van der Waals surface area contributed by atoms with Crippen LogP contribution in [0, 0.1) is 0 Å². The maximum absolute atomic E-state index is 13.3. The average Bonchev–Trinajstić information content (AvgIpc) is 2.16. The van der Waals surface area contributed by atoms with Crippen molar-refractivity contribution < 1.29 is 19.4 Å². The lowest BCUT2D eigenvalue weighted by molar-refractivity contribution is -0.140. The molecule has 1 unspecified atom stereocenters. The topological polar surface area (TPSA) is 83.6 Å². The maximum atomic E-state index is 13.3. The number of hydrogen-bond acceptors (Lipinski definition) is 3.